The zero-order valence-corrected chi connectivity index (χ0v) is 14.5. The van der Waals surface area contributed by atoms with E-state index in [1.165, 1.54) is 0 Å². The van der Waals surface area contributed by atoms with Gasteiger partial charge in [0.1, 0.15) is 0 Å². The summed E-state index contributed by atoms with van der Waals surface area (Å²) in [4.78, 5) is 30.5. The average Bonchev–Trinajstić information content (AvgIpc) is 2.93. The minimum Gasteiger partial charge on any atom is -0.378 e. The first-order valence-electron chi connectivity index (χ1n) is 8.92. The Morgan fingerprint density at radius 3 is 2.28 bits per heavy atom. The number of nitrogens with one attached hydrogen (secondary N) is 1. The summed E-state index contributed by atoms with van der Waals surface area (Å²) in [7, 11) is 0. The lowest BCUT2D eigenvalue weighted by Gasteiger charge is -2.32. The maximum absolute atomic E-state index is 12.6. The van der Waals surface area contributed by atoms with Gasteiger partial charge in [-0.1, -0.05) is 30.3 Å². The molecule has 7 nitrogen and oxygen atoms in total. The van der Waals surface area contributed by atoms with Crippen molar-refractivity contribution >= 4 is 12.1 Å². The number of carbonyl (C=O) groups excluding carboxylic acids is 2. The van der Waals surface area contributed by atoms with E-state index in [4.69, 9.17) is 4.74 Å². The molecule has 0 unspecified atom stereocenters. The van der Waals surface area contributed by atoms with E-state index < -0.39 is 0 Å². The summed E-state index contributed by atoms with van der Waals surface area (Å²) >= 11 is 0. The van der Waals surface area contributed by atoms with E-state index >= 15 is 0 Å². The fourth-order valence-corrected chi connectivity index (χ4v) is 3.15. The zero-order valence-electron chi connectivity index (χ0n) is 14.5. The molecule has 1 aromatic carbocycles. The van der Waals surface area contributed by atoms with E-state index in [0.29, 0.717) is 59.0 Å². The van der Waals surface area contributed by atoms with E-state index in [1.54, 1.807) is 4.90 Å². The van der Waals surface area contributed by atoms with E-state index in [9.17, 15) is 9.59 Å². The Bertz CT molecular complexity index is 575. The summed E-state index contributed by atoms with van der Waals surface area (Å²) < 4.78 is 5.30. The number of ether oxygens (including phenoxy) is 1. The van der Waals surface area contributed by atoms with E-state index in [-0.39, 0.29) is 12.1 Å². The predicted molar refractivity (Wildman–Crippen MR) is 94.2 cm³/mol. The van der Waals surface area contributed by atoms with Crippen LogP contribution in [-0.4, -0.2) is 79.2 Å². The van der Waals surface area contributed by atoms with Crippen molar-refractivity contribution in [3.05, 3.63) is 35.9 Å². The first kappa shape index (κ1) is 17.5. The van der Waals surface area contributed by atoms with Gasteiger partial charge in [0.2, 0.25) is 0 Å². The molecular weight excluding hydrogens is 320 g/mol. The van der Waals surface area contributed by atoms with Crippen LogP contribution < -0.4 is 5.32 Å². The molecule has 0 spiro atoms. The standard InChI is InChI=1S/C18H26N4O3/c23-17(19-15-16-5-2-1-3-6-16)20-7-4-8-21(10-9-20)18(24)22-11-13-25-14-12-22/h1-3,5-6H,4,7-15H2,(H,19,23). The monoisotopic (exact) mass is 346 g/mol. The highest BCUT2D eigenvalue weighted by molar-refractivity contribution is 5.76. The number of benzene rings is 1. The topological polar surface area (TPSA) is 65.1 Å². The third-order valence-corrected chi connectivity index (χ3v) is 4.62. The number of urea groups is 2. The molecule has 1 N–H and O–H groups in total. The Labute approximate surface area is 148 Å². The van der Waals surface area contributed by atoms with Crippen molar-refractivity contribution in [1.29, 1.82) is 0 Å². The lowest BCUT2D eigenvalue weighted by atomic mass is 10.2. The van der Waals surface area contributed by atoms with Gasteiger partial charge in [0.05, 0.1) is 13.2 Å². The van der Waals surface area contributed by atoms with Crippen molar-refractivity contribution in [2.75, 3.05) is 52.5 Å². The van der Waals surface area contributed by atoms with Gasteiger partial charge in [-0.25, -0.2) is 9.59 Å². The van der Waals surface area contributed by atoms with Crippen LogP contribution >= 0.6 is 0 Å². The molecule has 0 saturated carbocycles. The van der Waals surface area contributed by atoms with Crippen molar-refractivity contribution in [3.8, 4) is 0 Å². The van der Waals surface area contributed by atoms with Crippen LogP contribution in [0.4, 0.5) is 9.59 Å². The van der Waals surface area contributed by atoms with Gasteiger partial charge in [-0.05, 0) is 12.0 Å². The number of carbonyl (C=O) groups is 2. The second-order valence-corrected chi connectivity index (χ2v) is 6.35. The van der Waals surface area contributed by atoms with E-state index in [0.717, 1.165) is 12.0 Å². The molecule has 2 aliphatic rings. The highest BCUT2D eigenvalue weighted by atomic mass is 16.5. The molecule has 0 aromatic heterocycles. The summed E-state index contributed by atoms with van der Waals surface area (Å²) in [6.07, 6.45) is 0.800. The summed E-state index contributed by atoms with van der Waals surface area (Å²) in [6.45, 7) is 5.54. The van der Waals surface area contributed by atoms with Crippen LogP contribution in [0.1, 0.15) is 12.0 Å². The van der Waals surface area contributed by atoms with Gasteiger partial charge in [0.15, 0.2) is 0 Å². The molecule has 0 bridgehead atoms. The molecular formula is C18H26N4O3. The second kappa shape index (κ2) is 8.71. The maximum atomic E-state index is 12.6. The van der Waals surface area contributed by atoms with Gasteiger partial charge >= 0.3 is 12.1 Å². The molecule has 1 aromatic rings. The van der Waals surface area contributed by atoms with Crippen molar-refractivity contribution in [3.63, 3.8) is 0 Å². The minimum atomic E-state index is -0.0653. The first-order valence-corrected chi connectivity index (χ1v) is 8.92. The molecule has 2 aliphatic heterocycles. The number of amides is 4. The normalized spacial score (nSPS) is 18.6. The minimum absolute atomic E-state index is 0.0647. The Hall–Kier alpha value is -2.28. The molecule has 7 heteroatoms. The quantitative estimate of drug-likeness (QED) is 0.879. The predicted octanol–water partition coefficient (Wildman–Crippen LogP) is 1.36. The molecule has 0 radical (unpaired) electrons. The van der Waals surface area contributed by atoms with E-state index in [1.807, 2.05) is 40.1 Å². The van der Waals surface area contributed by atoms with Gasteiger partial charge in [0.25, 0.3) is 0 Å². The largest absolute Gasteiger partial charge is 0.378 e. The van der Waals surface area contributed by atoms with Crippen LogP contribution in [0, 0.1) is 0 Å². The SMILES string of the molecule is O=C(NCc1ccccc1)N1CCCN(C(=O)N2CCOCC2)CC1. The summed E-state index contributed by atoms with van der Waals surface area (Å²) in [6, 6.07) is 9.86. The van der Waals surface area contributed by atoms with Crippen molar-refractivity contribution in [1.82, 2.24) is 20.0 Å². The van der Waals surface area contributed by atoms with Crippen molar-refractivity contribution in [2.24, 2.45) is 0 Å². The van der Waals surface area contributed by atoms with Gasteiger partial charge < -0.3 is 24.8 Å². The fraction of sp³-hybridized carbons (Fsp3) is 0.556. The van der Waals surface area contributed by atoms with Crippen LogP contribution in [-0.2, 0) is 11.3 Å². The summed E-state index contributed by atoms with van der Waals surface area (Å²) in [5.74, 6) is 0. The van der Waals surface area contributed by atoms with Crippen molar-refractivity contribution < 1.29 is 14.3 Å². The molecule has 0 atom stereocenters. The average molecular weight is 346 g/mol. The zero-order chi connectivity index (χ0) is 17.5. The lowest BCUT2D eigenvalue weighted by molar-refractivity contribution is 0.0436. The van der Waals surface area contributed by atoms with E-state index in [2.05, 4.69) is 5.32 Å². The molecule has 0 aliphatic carbocycles. The molecule has 2 fully saturated rings. The molecule has 2 heterocycles. The first-order chi connectivity index (χ1) is 12.2. The number of hydrogen-bond donors (Lipinski definition) is 1. The van der Waals surface area contributed by atoms with Crippen LogP contribution in [0.25, 0.3) is 0 Å². The number of rotatable bonds is 2. The number of nitrogens with zero attached hydrogens (tertiary/aromatic N) is 3. The van der Waals surface area contributed by atoms with Crippen LogP contribution in [0.5, 0.6) is 0 Å². The third kappa shape index (κ3) is 4.85. The molecule has 2 saturated heterocycles. The highest BCUT2D eigenvalue weighted by Crippen LogP contribution is 2.09. The fourth-order valence-electron chi connectivity index (χ4n) is 3.15. The molecule has 3 rings (SSSR count). The Kier molecular flexibility index (Phi) is 6.11. The molecule has 136 valence electrons. The van der Waals surface area contributed by atoms with Crippen LogP contribution in [0.3, 0.4) is 0 Å². The molecule has 25 heavy (non-hydrogen) atoms. The Morgan fingerprint density at radius 1 is 0.880 bits per heavy atom. The summed E-state index contributed by atoms with van der Waals surface area (Å²) in [5.41, 5.74) is 1.08. The highest BCUT2D eigenvalue weighted by Gasteiger charge is 2.26. The molecule has 4 amide bonds. The van der Waals surface area contributed by atoms with Gasteiger partial charge in [-0.15, -0.1) is 0 Å². The van der Waals surface area contributed by atoms with Crippen molar-refractivity contribution in [2.45, 2.75) is 13.0 Å². The van der Waals surface area contributed by atoms with Gasteiger partial charge in [0, 0.05) is 45.8 Å². The third-order valence-electron chi connectivity index (χ3n) is 4.62. The number of morpholine rings is 1. The van der Waals surface area contributed by atoms with Crippen LogP contribution in [0.2, 0.25) is 0 Å². The Balaban J connectivity index is 1.47. The second-order valence-electron chi connectivity index (χ2n) is 6.35. The summed E-state index contributed by atoms with van der Waals surface area (Å²) in [5, 5.41) is 2.96. The van der Waals surface area contributed by atoms with Gasteiger partial charge in [-0.2, -0.15) is 0 Å². The van der Waals surface area contributed by atoms with Gasteiger partial charge in [-0.3, -0.25) is 0 Å². The lowest BCUT2D eigenvalue weighted by Crippen LogP contribution is -2.49. The Morgan fingerprint density at radius 2 is 1.52 bits per heavy atom. The maximum Gasteiger partial charge on any atom is 0.320 e. The number of hydrogen-bond acceptors (Lipinski definition) is 3. The van der Waals surface area contributed by atoms with Crippen LogP contribution in [0.15, 0.2) is 30.3 Å². The smallest absolute Gasteiger partial charge is 0.320 e.